The Morgan fingerprint density at radius 2 is 1.95 bits per heavy atom. The summed E-state index contributed by atoms with van der Waals surface area (Å²) < 4.78 is 37.7. The lowest BCUT2D eigenvalue weighted by molar-refractivity contribution is -0.128. The van der Waals surface area contributed by atoms with Gasteiger partial charge in [-0.05, 0) is 72.6 Å². The fraction of sp³-hybridized carbons (Fsp3) is 0.400. The van der Waals surface area contributed by atoms with Crippen LogP contribution in [0.2, 0.25) is 0 Å². The number of aromatic nitrogens is 4. The molecule has 6 rings (SSSR count). The second-order valence-corrected chi connectivity index (χ2v) is 11.1. The SMILES string of the molecule is CO[C@@H]1[C@H](N)C[C@H](c2ccncc2Nc2ncc3ccc(-c4c(F)cc(CN5CCCC5=O)cc4F)nn23)C[C@@H]1C. The third-order valence-corrected chi connectivity index (χ3v) is 8.30. The quantitative estimate of drug-likeness (QED) is 0.334. The van der Waals surface area contributed by atoms with Gasteiger partial charge in [-0.3, -0.25) is 9.78 Å². The van der Waals surface area contributed by atoms with Crippen LogP contribution in [0, 0.1) is 17.6 Å². The molecule has 4 atom stereocenters. The highest BCUT2D eigenvalue weighted by Crippen LogP contribution is 2.40. The van der Waals surface area contributed by atoms with Crippen molar-refractivity contribution in [2.75, 3.05) is 19.0 Å². The zero-order valence-electron chi connectivity index (χ0n) is 23.1. The molecule has 1 saturated carbocycles. The predicted octanol–water partition coefficient (Wildman–Crippen LogP) is 4.79. The molecule has 9 nitrogen and oxygen atoms in total. The third kappa shape index (κ3) is 5.27. The van der Waals surface area contributed by atoms with Crippen LogP contribution in [0.5, 0.6) is 0 Å². The highest BCUT2D eigenvalue weighted by molar-refractivity contribution is 5.78. The summed E-state index contributed by atoms with van der Waals surface area (Å²) in [5.41, 5.74) is 9.24. The van der Waals surface area contributed by atoms with Crippen LogP contribution in [-0.2, 0) is 16.1 Å². The number of nitrogens with one attached hydrogen (secondary N) is 1. The maximum atomic E-state index is 15.3. The molecule has 0 bridgehead atoms. The number of methoxy groups -OCH3 is 1. The summed E-state index contributed by atoms with van der Waals surface area (Å²) in [6.45, 7) is 2.93. The number of amides is 1. The number of anilines is 2. The Kier molecular flexibility index (Phi) is 7.39. The van der Waals surface area contributed by atoms with Crippen LogP contribution in [-0.4, -0.2) is 56.2 Å². The lowest BCUT2D eigenvalue weighted by atomic mass is 9.74. The topological polar surface area (TPSA) is 111 Å². The van der Waals surface area contributed by atoms with Gasteiger partial charge in [-0.1, -0.05) is 6.92 Å². The maximum absolute atomic E-state index is 15.3. The first-order valence-corrected chi connectivity index (χ1v) is 13.9. The first-order valence-electron chi connectivity index (χ1n) is 13.9. The summed E-state index contributed by atoms with van der Waals surface area (Å²) in [5.74, 6) is -0.593. The second kappa shape index (κ2) is 11.1. The lowest BCUT2D eigenvalue weighted by Gasteiger charge is -2.38. The van der Waals surface area contributed by atoms with Crippen molar-refractivity contribution in [3.05, 3.63) is 71.7 Å². The molecule has 1 aliphatic heterocycles. The maximum Gasteiger partial charge on any atom is 0.229 e. The van der Waals surface area contributed by atoms with Gasteiger partial charge >= 0.3 is 0 Å². The van der Waals surface area contributed by atoms with Crippen molar-refractivity contribution in [3.63, 3.8) is 0 Å². The first kappa shape index (κ1) is 27.2. The van der Waals surface area contributed by atoms with E-state index in [9.17, 15) is 4.79 Å². The summed E-state index contributed by atoms with van der Waals surface area (Å²) in [5, 5.41) is 7.88. The fourth-order valence-electron chi connectivity index (χ4n) is 6.37. The number of carbonyl (C=O) groups is 1. The number of benzene rings is 1. The van der Waals surface area contributed by atoms with Crippen LogP contribution in [0.4, 0.5) is 20.4 Å². The second-order valence-electron chi connectivity index (χ2n) is 11.1. The lowest BCUT2D eigenvalue weighted by Crippen LogP contribution is -2.45. The standard InChI is InChI=1S/C30H33F2N7O2/c1-17-10-19(13-24(33)29(17)41-2)21-7-8-34-15-26(21)36-30-35-14-20-5-6-25(37-39(20)30)28-22(31)11-18(12-23(28)32)16-38-9-3-4-27(38)40/h5-8,11-12,14-15,17,19,24,29H,3-4,9-10,13,16,33H2,1-2H3,(H,35,36)/t17-,19+,24+,29-/m0/s1. The van der Waals surface area contributed by atoms with E-state index in [2.05, 4.69) is 27.3 Å². The van der Waals surface area contributed by atoms with E-state index in [4.69, 9.17) is 10.5 Å². The van der Waals surface area contributed by atoms with Crippen molar-refractivity contribution >= 4 is 23.1 Å². The van der Waals surface area contributed by atoms with Crippen LogP contribution in [0.3, 0.4) is 0 Å². The highest BCUT2D eigenvalue weighted by atomic mass is 19.1. The molecule has 2 fully saturated rings. The van der Waals surface area contributed by atoms with Gasteiger partial charge in [-0.15, -0.1) is 0 Å². The molecule has 4 aromatic rings. The van der Waals surface area contributed by atoms with Gasteiger partial charge in [0.05, 0.1) is 41.0 Å². The number of hydrogen-bond donors (Lipinski definition) is 2. The molecule has 1 aromatic carbocycles. The molecule has 1 amide bonds. The van der Waals surface area contributed by atoms with Crippen molar-refractivity contribution in [1.82, 2.24) is 24.5 Å². The van der Waals surface area contributed by atoms with E-state index in [1.807, 2.05) is 6.07 Å². The van der Waals surface area contributed by atoms with Gasteiger partial charge in [-0.2, -0.15) is 9.61 Å². The Morgan fingerprint density at radius 3 is 2.66 bits per heavy atom. The molecule has 41 heavy (non-hydrogen) atoms. The molecule has 3 N–H and O–H groups in total. The number of likely N-dealkylation sites (tertiary alicyclic amines) is 1. The average Bonchev–Trinajstić information content (AvgIpc) is 3.53. The van der Waals surface area contributed by atoms with Gasteiger partial charge in [0.2, 0.25) is 11.9 Å². The summed E-state index contributed by atoms with van der Waals surface area (Å²) in [6.07, 6.45) is 8.06. The van der Waals surface area contributed by atoms with Crippen molar-refractivity contribution in [2.45, 2.75) is 57.2 Å². The van der Waals surface area contributed by atoms with Crippen molar-refractivity contribution in [1.29, 1.82) is 0 Å². The van der Waals surface area contributed by atoms with E-state index >= 15 is 8.78 Å². The number of pyridine rings is 1. The minimum Gasteiger partial charge on any atom is -0.380 e. The van der Waals surface area contributed by atoms with Gasteiger partial charge in [-0.25, -0.2) is 13.8 Å². The number of halogens is 2. The number of nitrogens with two attached hydrogens (primary N) is 1. The van der Waals surface area contributed by atoms with E-state index in [-0.39, 0.29) is 41.8 Å². The number of imidazole rings is 1. The highest BCUT2D eigenvalue weighted by Gasteiger charge is 2.35. The van der Waals surface area contributed by atoms with Crippen LogP contribution in [0.25, 0.3) is 16.8 Å². The van der Waals surface area contributed by atoms with E-state index in [1.54, 1.807) is 42.7 Å². The van der Waals surface area contributed by atoms with Crippen LogP contribution in [0.1, 0.15) is 49.7 Å². The number of rotatable bonds is 7. The average molecular weight is 562 g/mol. The molecule has 11 heteroatoms. The Bertz CT molecular complexity index is 1560. The summed E-state index contributed by atoms with van der Waals surface area (Å²) in [7, 11) is 1.70. The number of ether oxygens (including phenoxy) is 1. The predicted molar refractivity (Wildman–Crippen MR) is 150 cm³/mol. The van der Waals surface area contributed by atoms with Gasteiger partial charge in [0.15, 0.2) is 0 Å². The normalized spacial score (nSPS) is 23.0. The van der Waals surface area contributed by atoms with Crippen LogP contribution in [0.15, 0.2) is 48.9 Å². The number of carbonyl (C=O) groups excluding carboxylic acids is 1. The van der Waals surface area contributed by atoms with Crippen LogP contribution < -0.4 is 11.1 Å². The zero-order valence-corrected chi connectivity index (χ0v) is 23.1. The molecule has 3 aromatic heterocycles. The van der Waals surface area contributed by atoms with Crippen molar-refractivity contribution in [2.24, 2.45) is 11.7 Å². The van der Waals surface area contributed by atoms with E-state index in [1.165, 1.54) is 16.6 Å². The summed E-state index contributed by atoms with van der Waals surface area (Å²) in [4.78, 5) is 22.4. The van der Waals surface area contributed by atoms with Gasteiger partial charge < -0.3 is 20.7 Å². The molecule has 214 valence electrons. The van der Waals surface area contributed by atoms with E-state index in [0.717, 1.165) is 30.5 Å². The number of nitrogens with zero attached hydrogens (tertiary/aromatic N) is 5. The molecule has 0 spiro atoms. The molecule has 4 heterocycles. The van der Waals surface area contributed by atoms with Gasteiger partial charge in [0.1, 0.15) is 11.6 Å². The van der Waals surface area contributed by atoms with E-state index in [0.29, 0.717) is 35.9 Å². The first-order chi connectivity index (χ1) is 19.8. The summed E-state index contributed by atoms with van der Waals surface area (Å²) >= 11 is 0. The third-order valence-electron chi connectivity index (χ3n) is 8.30. The molecule has 1 saturated heterocycles. The van der Waals surface area contributed by atoms with Crippen LogP contribution >= 0.6 is 0 Å². The number of hydrogen-bond acceptors (Lipinski definition) is 7. The molecule has 2 aliphatic rings. The number of fused-ring (bicyclic) bond motifs is 1. The fourth-order valence-corrected chi connectivity index (χ4v) is 6.37. The summed E-state index contributed by atoms with van der Waals surface area (Å²) in [6, 6.07) is 7.73. The molecule has 0 unspecified atom stereocenters. The Balaban J connectivity index is 1.29. The monoisotopic (exact) mass is 561 g/mol. The Labute approximate surface area is 236 Å². The largest absolute Gasteiger partial charge is 0.380 e. The van der Waals surface area contributed by atoms with Crippen molar-refractivity contribution in [3.8, 4) is 11.3 Å². The molecular weight excluding hydrogens is 528 g/mol. The van der Waals surface area contributed by atoms with Gasteiger partial charge in [0.25, 0.3) is 0 Å². The zero-order chi connectivity index (χ0) is 28.7. The van der Waals surface area contributed by atoms with Gasteiger partial charge in [0, 0.05) is 38.9 Å². The molecule has 1 aliphatic carbocycles. The van der Waals surface area contributed by atoms with Crippen molar-refractivity contribution < 1.29 is 18.3 Å². The Hall–Kier alpha value is -3.96. The minimum atomic E-state index is -0.736. The van der Waals surface area contributed by atoms with E-state index < -0.39 is 11.6 Å². The Morgan fingerprint density at radius 1 is 1.15 bits per heavy atom. The molecular formula is C30H33F2N7O2. The minimum absolute atomic E-state index is 0.000985. The molecule has 0 radical (unpaired) electrons. The smallest absolute Gasteiger partial charge is 0.229 e.